The Kier molecular flexibility index (Phi) is 1.32. The fourth-order valence-corrected chi connectivity index (χ4v) is 2.81. The lowest BCUT2D eigenvalue weighted by atomic mass is 9.85. The molecule has 2 saturated carbocycles. The number of carbonyl (C=O) groups excluding carboxylic acids is 1. The van der Waals surface area contributed by atoms with Crippen LogP contribution in [0.3, 0.4) is 0 Å². The van der Waals surface area contributed by atoms with Gasteiger partial charge in [-0.1, -0.05) is 6.92 Å². The molecule has 2 heteroatoms. The molecule has 0 radical (unpaired) electrons. The molecule has 0 saturated heterocycles. The highest BCUT2D eigenvalue weighted by molar-refractivity contribution is 5.86. The van der Waals surface area contributed by atoms with Gasteiger partial charge in [0.25, 0.3) is 0 Å². The molecule has 68 valence electrons. The van der Waals surface area contributed by atoms with Crippen LogP contribution < -0.4 is 0 Å². The summed E-state index contributed by atoms with van der Waals surface area (Å²) in [5.74, 6) is 0.995. The molecule has 2 fully saturated rings. The van der Waals surface area contributed by atoms with E-state index in [2.05, 4.69) is 0 Å². The van der Waals surface area contributed by atoms with Crippen LogP contribution in [0.1, 0.15) is 33.6 Å². The van der Waals surface area contributed by atoms with Gasteiger partial charge < -0.3 is 5.11 Å². The maximum absolute atomic E-state index is 11.4. The smallest absolute Gasteiger partial charge is 0.136 e. The highest BCUT2D eigenvalue weighted by atomic mass is 16.3. The van der Waals surface area contributed by atoms with Crippen molar-refractivity contribution in [1.29, 1.82) is 0 Å². The molecule has 1 N–H and O–H groups in total. The monoisotopic (exact) mass is 168 g/mol. The molecule has 0 bridgehead atoms. The molecule has 2 aliphatic carbocycles. The van der Waals surface area contributed by atoms with Crippen molar-refractivity contribution in [1.82, 2.24) is 0 Å². The summed E-state index contributed by atoms with van der Waals surface area (Å²) in [5, 5.41) is 9.90. The van der Waals surface area contributed by atoms with Gasteiger partial charge >= 0.3 is 0 Å². The van der Waals surface area contributed by atoms with E-state index in [1.807, 2.05) is 20.8 Å². The summed E-state index contributed by atoms with van der Waals surface area (Å²) in [6.45, 7) is 5.66. The third kappa shape index (κ3) is 0.764. The van der Waals surface area contributed by atoms with Gasteiger partial charge in [0.05, 0.1) is 5.60 Å². The van der Waals surface area contributed by atoms with Gasteiger partial charge in [-0.05, 0) is 26.2 Å². The number of Topliss-reactive ketones (excluding diaryl/α,β-unsaturated/α-hetero) is 1. The normalized spacial score (nSPS) is 46.2. The van der Waals surface area contributed by atoms with Crippen molar-refractivity contribution in [3.05, 3.63) is 0 Å². The molecule has 0 spiro atoms. The minimum atomic E-state index is -0.669. The van der Waals surface area contributed by atoms with Crippen molar-refractivity contribution in [2.75, 3.05) is 0 Å². The maximum Gasteiger partial charge on any atom is 0.136 e. The number of fused-ring (bicyclic) bond motifs is 1. The van der Waals surface area contributed by atoms with Crippen LogP contribution in [-0.4, -0.2) is 16.5 Å². The Morgan fingerprint density at radius 2 is 2.17 bits per heavy atom. The number of hydrogen-bond acceptors (Lipinski definition) is 2. The number of rotatable bonds is 1. The molecule has 2 unspecified atom stereocenters. The van der Waals surface area contributed by atoms with Crippen LogP contribution in [0.15, 0.2) is 0 Å². The van der Waals surface area contributed by atoms with Crippen molar-refractivity contribution in [3.63, 3.8) is 0 Å². The van der Waals surface area contributed by atoms with Crippen molar-refractivity contribution in [2.24, 2.45) is 17.3 Å². The molecule has 3 atom stereocenters. The Morgan fingerprint density at radius 1 is 1.58 bits per heavy atom. The topological polar surface area (TPSA) is 37.3 Å². The number of hydrogen-bond donors (Lipinski definition) is 1. The Hall–Kier alpha value is -0.370. The molecule has 0 aromatic carbocycles. The second kappa shape index (κ2) is 1.92. The van der Waals surface area contributed by atoms with Gasteiger partial charge in [-0.15, -0.1) is 0 Å². The number of carbonyl (C=O) groups is 1. The Bertz CT molecular complexity index is 239. The molecule has 0 aromatic rings. The summed E-state index contributed by atoms with van der Waals surface area (Å²) in [4.78, 5) is 11.4. The van der Waals surface area contributed by atoms with Crippen molar-refractivity contribution >= 4 is 5.78 Å². The van der Waals surface area contributed by atoms with E-state index in [4.69, 9.17) is 0 Å². The SMILES string of the molecule is CC1C(=O)C[C@]2(C(C)(C)O)CC12. The number of aliphatic hydroxyl groups is 1. The lowest BCUT2D eigenvalue weighted by Crippen LogP contribution is -2.33. The van der Waals surface area contributed by atoms with E-state index in [0.717, 1.165) is 6.42 Å². The largest absolute Gasteiger partial charge is 0.390 e. The third-order valence-electron chi connectivity index (χ3n) is 3.95. The summed E-state index contributed by atoms with van der Waals surface area (Å²) in [6, 6.07) is 0. The molecular weight excluding hydrogens is 152 g/mol. The first-order chi connectivity index (χ1) is 5.38. The molecule has 0 aromatic heterocycles. The first-order valence-electron chi connectivity index (χ1n) is 4.63. The average Bonchev–Trinajstić information content (AvgIpc) is 2.55. The molecule has 0 aliphatic heterocycles. The molecule has 2 rings (SSSR count). The molecule has 0 heterocycles. The zero-order valence-corrected chi connectivity index (χ0v) is 7.92. The van der Waals surface area contributed by atoms with E-state index in [-0.39, 0.29) is 11.3 Å². The van der Waals surface area contributed by atoms with Crippen LogP contribution in [0.5, 0.6) is 0 Å². The van der Waals surface area contributed by atoms with E-state index in [1.165, 1.54) is 0 Å². The van der Waals surface area contributed by atoms with Crippen LogP contribution in [0, 0.1) is 17.3 Å². The summed E-state index contributed by atoms with van der Waals surface area (Å²) in [5.41, 5.74) is -0.721. The summed E-state index contributed by atoms with van der Waals surface area (Å²) >= 11 is 0. The van der Waals surface area contributed by atoms with Gasteiger partial charge in [-0.3, -0.25) is 4.79 Å². The minimum Gasteiger partial charge on any atom is -0.390 e. The first-order valence-corrected chi connectivity index (χ1v) is 4.63. The second-order valence-corrected chi connectivity index (χ2v) is 4.96. The molecule has 12 heavy (non-hydrogen) atoms. The standard InChI is InChI=1S/C10H16O2/c1-6-7-4-10(7,5-8(6)11)9(2,3)12/h6-7,12H,4-5H2,1-3H3/t6?,7?,10-/m1/s1. The van der Waals surface area contributed by atoms with Gasteiger partial charge in [-0.25, -0.2) is 0 Å². The van der Waals surface area contributed by atoms with Crippen LogP contribution in [0.2, 0.25) is 0 Å². The summed E-state index contributed by atoms with van der Waals surface area (Å²) in [7, 11) is 0. The third-order valence-corrected chi connectivity index (χ3v) is 3.95. The minimum absolute atomic E-state index is 0.0521. The lowest BCUT2D eigenvalue weighted by molar-refractivity contribution is -0.122. The zero-order chi connectivity index (χ0) is 9.15. The van der Waals surface area contributed by atoms with E-state index in [9.17, 15) is 9.90 Å². The predicted octanol–water partition coefficient (Wildman–Crippen LogP) is 1.37. The zero-order valence-electron chi connectivity index (χ0n) is 7.92. The predicted molar refractivity (Wildman–Crippen MR) is 45.6 cm³/mol. The van der Waals surface area contributed by atoms with E-state index in [0.29, 0.717) is 18.1 Å². The molecular formula is C10H16O2. The highest BCUT2D eigenvalue weighted by Gasteiger charge is 2.69. The number of ketones is 1. The van der Waals surface area contributed by atoms with Gasteiger partial charge in [0.1, 0.15) is 5.78 Å². The van der Waals surface area contributed by atoms with Gasteiger partial charge in [0.15, 0.2) is 0 Å². The van der Waals surface area contributed by atoms with Crippen molar-refractivity contribution in [2.45, 2.75) is 39.2 Å². The maximum atomic E-state index is 11.4. The Labute approximate surface area is 73.0 Å². The highest BCUT2D eigenvalue weighted by Crippen LogP contribution is 2.69. The van der Waals surface area contributed by atoms with Crippen LogP contribution in [-0.2, 0) is 4.79 Å². The van der Waals surface area contributed by atoms with Crippen LogP contribution in [0.25, 0.3) is 0 Å². The van der Waals surface area contributed by atoms with Crippen LogP contribution in [0.4, 0.5) is 0 Å². The van der Waals surface area contributed by atoms with E-state index >= 15 is 0 Å². The first kappa shape index (κ1) is 8.24. The fourth-order valence-electron chi connectivity index (χ4n) is 2.81. The average molecular weight is 168 g/mol. The molecule has 2 nitrogen and oxygen atoms in total. The van der Waals surface area contributed by atoms with Gasteiger partial charge in [0, 0.05) is 17.8 Å². The van der Waals surface area contributed by atoms with Crippen molar-refractivity contribution < 1.29 is 9.90 Å². The Morgan fingerprint density at radius 3 is 2.42 bits per heavy atom. The molecule has 2 aliphatic rings. The Balaban J connectivity index is 2.26. The molecule has 0 amide bonds. The van der Waals surface area contributed by atoms with Gasteiger partial charge in [-0.2, -0.15) is 0 Å². The summed E-state index contributed by atoms with van der Waals surface area (Å²) < 4.78 is 0. The van der Waals surface area contributed by atoms with E-state index < -0.39 is 5.60 Å². The quantitative estimate of drug-likeness (QED) is 0.642. The lowest BCUT2D eigenvalue weighted by Gasteiger charge is -2.27. The van der Waals surface area contributed by atoms with Crippen molar-refractivity contribution in [3.8, 4) is 0 Å². The van der Waals surface area contributed by atoms with E-state index in [1.54, 1.807) is 0 Å². The second-order valence-electron chi connectivity index (χ2n) is 4.96. The van der Waals surface area contributed by atoms with Crippen LogP contribution >= 0.6 is 0 Å². The summed E-state index contributed by atoms with van der Waals surface area (Å²) in [6.07, 6.45) is 1.64. The van der Waals surface area contributed by atoms with Gasteiger partial charge in [0.2, 0.25) is 0 Å². The fraction of sp³-hybridized carbons (Fsp3) is 0.900.